The smallest absolute Gasteiger partial charge is 0.317 e. The number of benzene rings is 1. The highest BCUT2D eigenvalue weighted by Gasteiger charge is 2.15. The lowest BCUT2D eigenvalue weighted by Crippen LogP contribution is -2.29. The zero-order valence-electron chi connectivity index (χ0n) is 11.5. The second-order valence-electron chi connectivity index (χ2n) is 4.76. The van der Waals surface area contributed by atoms with E-state index in [0.717, 1.165) is 12.8 Å². The molecule has 0 atom stereocenters. The molecule has 1 heterocycles. The number of pyridine rings is 1. The van der Waals surface area contributed by atoms with E-state index < -0.39 is 5.97 Å². The number of aromatic hydroxyl groups is 1. The van der Waals surface area contributed by atoms with Crippen LogP contribution in [0.3, 0.4) is 0 Å². The van der Waals surface area contributed by atoms with Gasteiger partial charge in [0.1, 0.15) is 5.75 Å². The van der Waals surface area contributed by atoms with Gasteiger partial charge in [-0.15, -0.1) is 0 Å². The van der Waals surface area contributed by atoms with Gasteiger partial charge in [0.25, 0.3) is 0 Å². The molecule has 0 amide bonds. The average molecular weight is 524 g/mol. The summed E-state index contributed by atoms with van der Waals surface area (Å²) in [5.41, 5.74) is 1.51. The average Bonchev–Trinajstić information content (AvgIpc) is 2.44. The van der Waals surface area contributed by atoms with Gasteiger partial charge in [0.05, 0.1) is 15.8 Å². The van der Waals surface area contributed by atoms with Crippen molar-refractivity contribution in [1.82, 2.24) is 9.88 Å². The maximum atomic E-state index is 11.1. The Morgan fingerprint density at radius 2 is 2.00 bits per heavy atom. The Morgan fingerprint density at radius 1 is 1.23 bits per heavy atom. The maximum absolute atomic E-state index is 11.1. The molecule has 0 saturated heterocycles. The molecule has 5 nitrogen and oxygen atoms in total. The van der Waals surface area contributed by atoms with Crippen LogP contribution in [0.4, 0.5) is 0 Å². The zero-order valence-corrected chi connectivity index (χ0v) is 15.9. The number of aliphatic carboxylic acids is 1. The lowest BCUT2D eigenvalue weighted by atomic mass is 10.2. The van der Waals surface area contributed by atoms with Gasteiger partial charge >= 0.3 is 5.97 Å². The summed E-state index contributed by atoms with van der Waals surface area (Å²) >= 11 is 4.25. The standard InChI is InChI=1S/C15H14I2N2O3/c16-11-5-10(15(22)13(17)6-11)7-19(9-14(20)21)8-12-3-1-2-4-18-12/h1-6,22H,7-9H2,(H,20,21). The van der Waals surface area contributed by atoms with Gasteiger partial charge in [0.15, 0.2) is 0 Å². The van der Waals surface area contributed by atoms with Crippen molar-refractivity contribution in [3.05, 3.63) is 54.9 Å². The van der Waals surface area contributed by atoms with Crippen molar-refractivity contribution in [2.75, 3.05) is 6.54 Å². The summed E-state index contributed by atoms with van der Waals surface area (Å²) in [4.78, 5) is 17.0. The lowest BCUT2D eigenvalue weighted by Gasteiger charge is -2.21. The molecule has 0 saturated carbocycles. The maximum Gasteiger partial charge on any atom is 0.317 e. The van der Waals surface area contributed by atoms with Crippen molar-refractivity contribution in [1.29, 1.82) is 0 Å². The monoisotopic (exact) mass is 524 g/mol. The van der Waals surface area contributed by atoms with Crippen LogP contribution in [0.2, 0.25) is 0 Å². The van der Waals surface area contributed by atoms with Gasteiger partial charge in [0, 0.05) is 28.4 Å². The molecule has 0 aliphatic rings. The number of hydrogen-bond acceptors (Lipinski definition) is 4. The normalized spacial score (nSPS) is 10.9. The van der Waals surface area contributed by atoms with Crippen LogP contribution in [0.5, 0.6) is 5.75 Å². The Bertz CT molecular complexity index is 665. The predicted octanol–water partition coefficient (Wildman–Crippen LogP) is 3.08. The van der Waals surface area contributed by atoms with Crippen molar-refractivity contribution in [3.63, 3.8) is 0 Å². The lowest BCUT2D eigenvalue weighted by molar-refractivity contribution is -0.138. The van der Waals surface area contributed by atoms with Crippen LogP contribution in [0, 0.1) is 7.14 Å². The number of halogens is 2. The van der Waals surface area contributed by atoms with Crippen LogP contribution in [0.1, 0.15) is 11.3 Å². The van der Waals surface area contributed by atoms with Gasteiger partial charge in [-0.1, -0.05) is 6.07 Å². The van der Waals surface area contributed by atoms with Crippen LogP contribution < -0.4 is 0 Å². The van der Waals surface area contributed by atoms with Crippen LogP contribution >= 0.6 is 45.2 Å². The summed E-state index contributed by atoms with van der Waals surface area (Å²) in [5, 5.41) is 19.3. The molecule has 0 bridgehead atoms. The molecule has 0 spiro atoms. The summed E-state index contributed by atoms with van der Waals surface area (Å²) in [6.07, 6.45) is 1.68. The van der Waals surface area contributed by atoms with Crippen molar-refractivity contribution >= 4 is 51.2 Å². The van der Waals surface area contributed by atoms with Crippen molar-refractivity contribution in [2.24, 2.45) is 0 Å². The minimum absolute atomic E-state index is 0.113. The van der Waals surface area contributed by atoms with Gasteiger partial charge in [0.2, 0.25) is 0 Å². The van der Waals surface area contributed by atoms with Gasteiger partial charge in [-0.2, -0.15) is 0 Å². The highest BCUT2D eigenvalue weighted by Crippen LogP contribution is 2.28. The molecule has 2 rings (SSSR count). The Kier molecular flexibility index (Phi) is 6.38. The SMILES string of the molecule is O=C(O)CN(Cc1ccccn1)Cc1cc(I)cc(I)c1O. The Morgan fingerprint density at radius 3 is 2.64 bits per heavy atom. The Balaban J connectivity index is 2.21. The molecular weight excluding hydrogens is 510 g/mol. The predicted molar refractivity (Wildman–Crippen MR) is 99.5 cm³/mol. The van der Waals surface area contributed by atoms with E-state index in [1.165, 1.54) is 0 Å². The highest BCUT2D eigenvalue weighted by atomic mass is 127. The molecule has 116 valence electrons. The molecule has 0 fully saturated rings. The Hall–Kier alpha value is -0.940. The van der Waals surface area contributed by atoms with E-state index in [4.69, 9.17) is 5.11 Å². The first-order chi connectivity index (χ1) is 10.5. The van der Waals surface area contributed by atoms with Gasteiger partial charge < -0.3 is 10.2 Å². The molecular formula is C15H14I2N2O3. The van der Waals surface area contributed by atoms with Crippen molar-refractivity contribution in [2.45, 2.75) is 13.1 Å². The topological polar surface area (TPSA) is 73.7 Å². The summed E-state index contributed by atoms with van der Waals surface area (Å²) < 4.78 is 1.76. The second-order valence-corrected chi connectivity index (χ2v) is 7.16. The summed E-state index contributed by atoms with van der Waals surface area (Å²) in [5.74, 6) is -0.701. The largest absolute Gasteiger partial charge is 0.507 e. The van der Waals surface area contributed by atoms with E-state index >= 15 is 0 Å². The first-order valence-corrected chi connectivity index (χ1v) is 8.62. The molecule has 0 aliphatic carbocycles. The fourth-order valence-corrected chi connectivity index (χ4v) is 4.03. The molecule has 7 heteroatoms. The van der Waals surface area contributed by atoms with E-state index in [2.05, 4.69) is 50.2 Å². The molecule has 1 aromatic heterocycles. The molecule has 0 aliphatic heterocycles. The molecule has 22 heavy (non-hydrogen) atoms. The van der Waals surface area contributed by atoms with Crippen LogP contribution in [0.15, 0.2) is 36.5 Å². The number of carboxylic acid groups (broad SMARTS) is 1. The minimum atomic E-state index is -0.907. The number of phenols is 1. The number of hydrogen-bond donors (Lipinski definition) is 2. The first kappa shape index (κ1) is 17.4. The molecule has 2 N–H and O–H groups in total. The minimum Gasteiger partial charge on any atom is -0.507 e. The molecule has 0 unspecified atom stereocenters. The summed E-state index contributed by atoms with van der Waals surface area (Å²) in [6.45, 7) is 0.647. The highest BCUT2D eigenvalue weighted by molar-refractivity contribution is 14.1. The van der Waals surface area contributed by atoms with E-state index in [9.17, 15) is 9.90 Å². The Labute approximate surface area is 155 Å². The van der Waals surface area contributed by atoms with Crippen molar-refractivity contribution in [3.8, 4) is 5.75 Å². The number of carbonyl (C=O) groups is 1. The van der Waals surface area contributed by atoms with Crippen LogP contribution in [0.25, 0.3) is 0 Å². The summed E-state index contributed by atoms with van der Waals surface area (Å²) in [6, 6.07) is 9.28. The quantitative estimate of drug-likeness (QED) is 0.569. The second kappa shape index (κ2) is 8.06. The van der Waals surface area contributed by atoms with E-state index in [-0.39, 0.29) is 12.3 Å². The van der Waals surface area contributed by atoms with Gasteiger partial charge in [-0.3, -0.25) is 14.7 Å². The van der Waals surface area contributed by atoms with Gasteiger partial charge in [-0.25, -0.2) is 0 Å². The van der Waals surface area contributed by atoms with E-state index in [1.807, 2.05) is 30.3 Å². The van der Waals surface area contributed by atoms with Crippen LogP contribution in [-0.2, 0) is 17.9 Å². The van der Waals surface area contributed by atoms with E-state index in [0.29, 0.717) is 18.7 Å². The summed E-state index contributed by atoms with van der Waals surface area (Å²) in [7, 11) is 0. The van der Waals surface area contributed by atoms with Gasteiger partial charge in [-0.05, 0) is 69.4 Å². The number of aromatic nitrogens is 1. The molecule has 1 aromatic carbocycles. The fraction of sp³-hybridized carbons (Fsp3) is 0.200. The number of phenolic OH excluding ortho intramolecular Hbond substituents is 1. The third-order valence-corrected chi connectivity index (χ3v) is 4.42. The third kappa shape index (κ3) is 5.06. The molecule has 0 radical (unpaired) electrons. The number of carboxylic acids is 1. The fourth-order valence-electron chi connectivity index (χ4n) is 2.06. The first-order valence-electron chi connectivity index (χ1n) is 6.46. The van der Waals surface area contributed by atoms with Crippen LogP contribution in [-0.4, -0.2) is 32.6 Å². The third-order valence-electron chi connectivity index (χ3n) is 2.97. The zero-order chi connectivity index (χ0) is 16.1. The molecule has 2 aromatic rings. The van der Waals surface area contributed by atoms with Crippen molar-refractivity contribution < 1.29 is 15.0 Å². The van der Waals surface area contributed by atoms with E-state index in [1.54, 1.807) is 11.1 Å². The number of rotatable bonds is 6. The number of nitrogens with zero attached hydrogens (tertiary/aromatic N) is 2.